The van der Waals surface area contributed by atoms with Crippen molar-refractivity contribution in [3.8, 4) is 0 Å². The molecular formula is C5H11NO3S. The van der Waals surface area contributed by atoms with Crippen LogP contribution in [0.15, 0.2) is 4.99 Å². The van der Waals surface area contributed by atoms with E-state index in [4.69, 9.17) is 13.7 Å². The van der Waals surface area contributed by atoms with E-state index in [2.05, 4.69) is 4.99 Å². The van der Waals surface area contributed by atoms with E-state index in [1.54, 1.807) is 0 Å². The zero-order valence-electron chi connectivity index (χ0n) is 5.47. The van der Waals surface area contributed by atoms with E-state index in [9.17, 15) is 0 Å². The Morgan fingerprint density at radius 3 is 2.40 bits per heavy atom. The molecule has 1 aliphatic heterocycles. The summed E-state index contributed by atoms with van der Waals surface area (Å²) in [5.74, 6) is 0. The van der Waals surface area contributed by atoms with Crippen LogP contribution in [-0.4, -0.2) is 31.7 Å². The van der Waals surface area contributed by atoms with Gasteiger partial charge in [-0.1, -0.05) is 0 Å². The van der Waals surface area contributed by atoms with E-state index in [0.717, 1.165) is 13.0 Å². The summed E-state index contributed by atoms with van der Waals surface area (Å²) in [6, 6.07) is 0. The Morgan fingerprint density at radius 2 is 2.10 bits per heavy atom. The summed E-state index contributed by atoms with van der Waals surface area (Å²) in [4.78, 5) is 3.84. The summed E-state index contributed by atoms with van der Waals surface area (Å²) in [6.45, 7) is 0.728. The third-order valence-electron chi connectivity index (χ3n) is 1.45. The Morgan fingerprint density at radius 1 is 1.40 bits per heavy atom. The molecule has 1 atom stereocenters. The van der Waals surface area contributed by atoms with Crippen molar-refractivity contribution in [3.63, 3.8) is 0 Å². The standard InChI is InChI=1S/C5H11NO3S/c7-10(8,9)5-2-1-3-6-4-5/h4-5,7-9H,1-3H2. The quantitative estimate of drug-likeness (QED) is 0.550. The average Bonchev–Trinajstić information content (AvgIpc) is 1.88. The minimum atomic E-state index is -3.38. The molecule has 0 amide bonds. The molecule has 0 fully saturated rings. The predicted octanol–water partition coefficient (Wildman–Crippen LogP) is 1.44. The predicted molar refractivity (Wildman–Crippen MR) is 41.9 cm³/mol. The molecule has 0 aromatic carbocycles. The van der Waals surface area contributed by atoms with Crippen LogP contribution in [0.5, 0.6) is 0 Å². The van der Waals surface area contributed by atoms with Crippen LogP contribution in [-0.2, 0) is 0 Å². The first kappa shape index (κ1) is 8.00. The van der Waals surface area contributed by atoms with Gasteiger partial charge in [0.2, 0.25) is 0 Å². The molecule has 1 rings (SSSR count). The van der Waals surface area contributed by atoms with Gasteiger partial charge in [-0.15, -0.1) is 0 Å². The van der Waals surface area contributed by atoms with Gasteiger partial charge in [0.25, 0.3) is 0 Å². The monoisotopic (exact) mass is 165 g/mol. The first-order valence-electron chi connectivity index (χ1n) is 3.10. The van der Waals surface area contributed by atoms with Gasteiger partial charge < -0.3 is 13.7 Å². The van der Waals surface area contributed by atoms with E-state index in [0.29, 0.717) is 6.42 Å². The second kappa shape index (κ2) is 2.87. The molecule has 0 aliphatic carbocycles. The molecule has 3 N–H and O–H groups in total. The lowest BCUT2D eigenvalue weighted by molar-refractivity contribution is 0.367. The lowest BCUT2D eigenvalue weighted by Gasteiger charge is -2.28. The van der Waals surface area contributed by atoms with Gasteiger partial charge in [0.1, 0.15) is 0 Å². The fraction of sp³-hybridized carbons (Fsp3) is 0.800. The third-order valence-corrected chi connectivity index (χ3v) is 2.62. The van der Waals surface area contributed by atoms with Gasteiger partial charge in [-0.2, -0.15) is 0 Å². The van der Waals surface area contributed by atoms with Gasteiger partial charge in [-0.3, -0.25) is 4.99 Å². The molecule has 1 unspecified atom stereocenters. The summed E-state index contributed by atoms with van der Waals surface area (Å²) in [5, 5.41) is -0.541. The van der Waals surface area contributed by atoms with Crippen LogP contribution < -0.4 is 0 Å². The number of hydrogen-bond acceptors (Lipinski definition) is 4. The molecule has 1 aliphatic rings. The molecular weight excluding hydrogens is 154 g/mol. The maximum atomic E-state index is 8.75. The van der Waals surface area contributed by atoms with Crippen molar-refractivity contribution in [1.82, 2.24) is 0 Å². The molecule has 60 valence electrons. The van der Waals surface area contributed by atoms with E-state index < -0.39 is 16.1 Å². The van der Waals surface area contributed by atoms with Crippen LogP contribution in [0.4, 0.5) is 0 Å². The highest BCUT2D eigenvalue weighted by Gasteiger charge is 2.26. The SMILES string of the molecule is OS(O)(O)C1C=NCCC1. The molecule has 0 saturated carbocycles. The number of hydrogen-bond donors (Lipinski definition) is 3. The van der Waals surface area contributed by atoms with Gasteiger partial charge in [-0.05, 0) is 12.8 Å². The zero-order chi connectivity index (χ0) is 7.61. The van der Waals surface area contributed by atoms with Crippen molar-refractivity contribution >= 4 is 17.1 Å². The Bertz CT molecular complexity index is 142. The summed E-state index contributed by atoms with van der Waals surface area (Å²) in [7, 11) is -3.38. The summed E-state index contributed by atoms with van der Waals surface area (Å²) in [5.41, 5.74) is 0. The molecule has 0 aromatic rings. The Balaban J connectivity index is 2.55. The Labute approximate surface area is 61.2 Å². The first-order chi connectivity index (χ1) is 4.61. The summed E-state index contributed by atoms with van der Waals surface area (Å²) < 4.78 is 26.2. The van der Waals surface area contributed by atoms with Gasteiger partial charge in [0.05, 0.1) is 16.1 Å². The molecule has 0 aromatic heterocycles. The van der Waals surface area contributed by atoms with Crippen LogP contribution in [0.25, 0.3) is 0 Å². The second-order valence-electron chi connectivity index (χ2n) is 2.30. The maximum absolute atomic E-state index is 8.75. The molecule has 1 heterocycles. The average molecular weight is 165 g/mol. The van der Waals surface area contributed by atoms with Crippen molar-refractivity contribution in [3.05, 3.63) is 0 Å². The van der Waals surface area contributed by atoms with Crippen molar-refractivity contribution in [2.75, 3.05) is 6.54 Å². The van der Waals surface area contributed by atoms with Crippen LogP contribution in [0.1, 0.15) is 12.8 Å². The largest absolute Gasteiger partial charge is 0.308 e. The van der Waals surface area contributed by atoms with E-state index in [-0.39, 0.29) is 0 Å². The van der Waals surface area contributed by atoms with Gasteiger partial charge >= 0.3 is 0 Å². The number of nitrogens with zero attached hydrogens (tertiary/aromatic N) is 1. The highest BCUT2D eigenvalue weighted by atomic mass is 32.3. The third kappa shape index (κ3) is 1.95. The first-order valence-corrected chi connectivity index (χ1v) is 4.67. The minimum Gasteiger partial charge on any atom is -0.308 e. The Kier molecular flexibility index (Phi) is 2.30. The molecule has 5 heteroatoms. The fourth-order valence-corrected chi connectivity index (χ4v) is 1.62. The van der Waals surface area contributed by atoms with Gasteiger partial charge in [0.15, 0.2) is 0 Å². The molecule has 4 nitrogen and oxygen atoms in total. The highest BCUT2D eigenvalue weighted by molar-refractivity contribution is 8.20. The van der Waals surface area contributed by atoms with Crippen molar-refractivity contribution < 1.29 is 13.7 Å². The molecule has 10 heavy (non-hydrogen) atoms. The van der Waals surface area contributed by atoms with Crippen LogP contribution in [0, 0.1) is 0 Å². The smallest absolute Gasteiger partial charge is 0.0919 e. The normalized spacial score (nSPS) is 28.5. The van der Waals surface area contributed by atoms with Crippen LogP contribution >= 0.6 is 10.9 Å². The summed E-state index contributed by atoms with van der Waals surface area (Å²) in [6.07, 6.45) is 2.86. The summed E-state index contributed by atoms with van der Waals surface area (Å²) >= 11 is 0. The zero-order valence-corrected chi connectivity index (χ0v) is 6.29. The topological polar surface area (TPSA) is 73.0 Å². The van der Waals surface area contributed by atoms with Gasteiger partial charge in [-0.25, -0.2) is 0 Å². The fourth-order valence-electron chi connectivity index (χ4n) is 0.890. The van der Waals surface area contributed by atoms with E-state index >= 15 is 0 Å². The Hall–Kier alpha value is -0.100. The van der Waals surface area contributed by atoms with E-state index in [1.807, 2.05) is 0 Å². The van der Waals surface area contributed by atoms with Crippen LogP contribution in [0.3, 0.4) is 0 Å². The minimum absolute atomic E-state index is 0.541. The second-order valence-corrected chi connectivity index (χ2v) is 4.02. The van der Waals surface area contributed by atoms with Crippen LogP contribution in [0.2, 0.25) is 0 Å². The van der Waals surface area contributed by atoms with Crippen molar-refractivity contribution in [2.45, 2.75) is 18.1 Å². The molecule has 0 radical (unpaired) electrons. The van der Waals surface area contributed by atoms with Crippen molar-refractivity contribution in [1.29, 1.82) is 0 Å². The van der Waals surface area contributed by atoms with Crippen molar-refractivity contribution in [2.24, 2.45) is 4.99 Å². The number of aliphatic imine (C=N–C) groups is 1. The molecule has 0 spiro atoms. The lowest BCUT2D eigenvalue weighted by Crippen LogP contribution is -2.21. The van der Waals surface area contributed by atoms with Gasteiger partial charge in [0, 0.05) is 12.8 Å². The lowest BCUT2D eigenvalue weighted by atomic mass is 10.2. The molecule has 0 bridgehead atoms. The maximum Gasteiger partial charge on any atom is 0.0919 e. The highest BCUT2D eigenvalue weighted by Crippen LogP contribution is 2.41. The van der Waals surface area contributed by atoms with E-state index in [1.165, 1.54) is 6.21 Å². The number of rotatable bonds is 1. The molecule has 0 saturated heterocycles.